The minimum Gasteiger partial charge on any atom is -0.444 e. The van der Waals surface area contributed by atoms with Crippen molar-refractivity contribution in [3.63, 3.8) is 0 Å². The molecule has 22 heavy (non-hydrogen) atoms. The number of nitrogens with zero attached hydrogens (tertiary/aromatic N) is 2. The van der Waals surface area contributed by atoms with Crippen molar-refractivity contribution in [3.05, 3.63) is 23.8 Å². The van der Waals surface area contributed by atoms with Crippen LogP contribution in [0.3, 0.4) is 0 Å². The largest absolute Gasteiger partial charge is 0.444 e. The Labute approximate surface area is 133 Å². The van der Waals surface area contributed by atoms with Crippen LogP contribution in [0.5, 0.6) is 0 Å². The van der Waals surface area contributed by atoms with Crippen LogP contribution in [0.15, 0.2) is 18.2 Å². The minimum atomic E-state index is -0.457. The van der Waals surface area contributed by atoms with E-state index in [1.54, 1.807) is 0 Å². The van der Waals surface area contributed by atoms with E-state index in [-0.39, 0.29) is 12.1 Å². The SMILES string of the molecule is Cc1cc(N)ccc1N1CCN(C(=O)OC(C)(C)C)[C@H](C)C1. The smallest absolute Gasteiger partial charge is 0.410 e. The third kappa shape index (κ3) is 3.84. The number of carbonyl (C=O) groups is 1. The Bertz CT molecular complexity index is 551. The second-order valence-corrected chi connectivity index (χ2v) is 7.01. The first-order valence-electron chi connectivity index (χ1n) is 7.78. The molecule has 0 aromatic heterocycles. The third-order valence-electron chi connectivity index (χ3n) is 3.82. The van der Waals surface area contributed by atoms with Crippen LogP contribution in [0.2, 0.25) is 0 Å². The highest BCUT2D eigenvalue weighted by atomic mass is 16.6. The summed E-state index contributed by atoms with van der Waals surface area (Å²) >= 11 is 0. The van der Waals surface area contributed by atoms with Gasteiger partial charge in [-0.3, -0.25) is 0 Å². The van der Waals surface area contributed by atoms with Crippen LogP contribution in [0.25, 0.3) is 0 Å². The van der Waals surface area contributed by atoms with Crippen molar-refractivity contribution in [1.29, 1.82) is 0 Å². The number of piperazine rings is 1. The normalized spacial score (nSPS) is 19.2. The quantitative estimate of drug-likeness (QED) is 0.810. The lowest BCUT2D eigenvalue weighted by Gasteiger charge is -2.41. The highest BCUT2D eigenvalue weighted by molar-refractivity contribution is 5.69. The van der Waals surface area contributed by atoms with Crippen LogP contribution in [-0.4, -0.2) is 42.3 Å². The molecule has 1 heterocycles. The Morgan fingerprint density at radius 3 is 2.55 bits per heavy atom. The molecule has 2 N–H and O–H groups in total. The monoisotopic (exact) mass is 305 g/mol. The summed E-state index contributed by atoms with van der Waals surface area (Å²) in [5.74, 6) is 0. The zero-order valence-corrected chi connectivity index (χ0v) is 14.2. The Morgan fingerprint density at radius 1 is 1.32 bits per heavy atom. The number of nitrogen functional groups attached to an aromatic ring is 1. The Morgan fingerprint density at radius 2 is 2.00 bits per heavy atom. The summed E-state index contributed by atoms with van der Waals surface area (Å²) in [7, 11) is 0. The van der Waals surface area contributed by atoms with Gasteiger partial charge >= 0.3 is 6.09 Å². The summed E-state index contributed by atoms with van der Waals surface area (Å²) in [6.45, 7) is 12.1. The second kappa shape index (κ2) is 6.07. The van der Waals surface area contributed by atoms with E-state index >= 15 is 0 Å². The van der Waals surface area contributed by atoms with Crippen LogP contribution in [0.4, 0.5) is 16.2 Å². The molecule has 1 fully saturated rings. The second-order valence-electron chi connectivity index (χ2n) is 7.01. The highest BCUT2D eigenvalue weighted by Crippen LogP contribution is 2.25. The standard InChI is InChI=1S/C17H27N3O2/c1-12-10-14(18)6-7-15(12)19-8-9-20(13(2)11-19)16(21)22-17(3,4)5/h6-7,10,13H,8-9,11,18H2,1-5H3/t13-/m1/s1. The number of nitrogens with two attached hydrogens (primary N) is 1. The van der Waals surface area contributed by atoms with Crippen molar-refractivity contribution in [1.82, 2.24) is 4.90 Å². The lowest BCUT2D eigenvalue weighted by molar-refractivity contribution is 0.0159. The number of carbonyl (C=O) groups excluding carboxylic acids is 1. The van der Waals surface area contributed by atoms with Gasteiger partial charge in [0.05, 0.1) is 0 Å². The van der Waals surface area contributed by atoms with Gasteiger partial charge in [-0.05, 0) is 58.4 Å². The van der Waals surface area contributed by atoms with Crippen LogP contribution >= 0.6 is 0 Å². The average Bonchev–Trinajstić information content (AvgIpc) is 2.36. The number of benzene rings is 1. The molecule has 1 saturated heterocycles. The maximum absolute atomic E-state index is 12.2. The molecule has 0 saturated carbocycles. The summed E-state index contributed by atoms with van der Waals surface area (Å²) in [6.07, 6.45) is -0.228. The van der Waals surface area contributed by atoms with Crippen molar-refractivity contribution in [2.75, 3.05) is 30.3 Å². The van der Waals surface area contributed by atoms with Gasteiger partial charge in [-0.1, -0.05) is 0 Å². The van der Waals surface area contributed by atoms with E-state index in [4.69, 9.17) is 10.5 Å². The molecule has 0 bridgehead atoms. The molecule has 0 aliphatic carbocycles. The molecule has 5 nitrogen and oxygen atoms in total. The molecule has 1 atom stereocenters. The summed E-state index contributed by atoms with van der Waals surface area (Å²) in [6, 6.07) is 6.08. The van der Waals surface area contributed by atoms with Crippen molar-refractivity contribution < 1.29 is 9.53 Å². The van der Waals surface area contributed by atoms with E-state index in [2.05, 4.69) is 24.8 Å². The van der Waals surface area contributed by atoms with Gasteiger partial charge in [0.2, 0.25) is 0 Å². The fourth-order valence-electron chi connectivity index (χ4n) is 2.80. The predicted molar refractivity (Wildman–Crippen MR) is 90.2 cm³/mol. The number of anilines is 2. The summed E-state index contributed by atoms with van der Waals surface area (Å²) < 4.78 is 5.48. The average molecular weight is 305 g/mol. The molecule has 1 aliphatic rings. The molecule has 122 valence electrons. The van der Waals surface area contributed by atoms with Gasteiger partial charge in [-0.25, -0.2) is 4.79 Å². The molecule has 0 unspecified atom stereocenters. The van der Waals surface area contributed by atoms with Gasteiger partial charge in [-0.2, -0.15) is 0 Å². The van der Waals surface area contributed by atoms with Gasteiger partial charge < -0.3 is 20.3 Å². The first-order chi connectivity index (χ1) is 10.2. The number of hydrogen-bond acceptors (Lipinski definition) is 4. The van der Waals surface area contributed by atoms with Gasteiger partial charge in [0.25, 0.3) is 0 Å². The van der Waals surface area contributed by atoms with E-state index in [1.165, 1.54) is 5.69 Å². The molecule has 2 rings (SSSR count). The van der Waals surface area contributed by atoms with E-state index < -0.39 is 5.60 Å². The fourth-order valence-corrected chi connectivity index (χ4v) is 2.80. The van der Waals surface area contributed by atoms with Crippen molar-refractivity contribution in [3.8, 4) is 0 Å². The summed E-state index contributed by atoms with van der Waals surface area (Å²) in [4.78, 5) is 16.4. The van der Waals surface area contributed by atoms with E-state index in [9.17, 15) is 4.79 Å². The van der Waals surface area contributed by atoms with Gasteiger partial charge in [0.15, 0.2) is 0 Å². The van der Waals surface area contributed by atoms with Crippen molar-refractivity contribution >= 4 is 17.5 Å². The number of ether oxygens (including phenoxy) is 1. The van der Waals surface area contributed by atoms with Gasteiger partial charge in [0.1, 0.15) is 5.60 Å². The molecule has 5 heteroatoms. The van der Waals surface area contributed by atoms with Crippen molar-refractivity contribution in [2.45, 2.75) is 46.3 Å². The van der Waals surface area contributed by atoms with Crippen LogP contribution < -0.4 is 10.6 Å². The zero-order valence-electron chi connectivity index (χ0n) is 14.2. The lowest BCUT2D eigenvalue weighted by atomic mass is 10.1. The van der Waals surface area contributed by atoms with E-state index in [1.807, 2.05) is 37.8 Å². The molecule has 1 aromatic rings. The third-order valence-corrected chi connectivity index (χ3v) is 3.82. The lowest BCUT2D eigenvalue weighted by Crippen LogP contribution is -2.55. The number of hydrogen-bond donors (Lipinski definition) is 1. The Kier molecular flexibility index (Phi) is 4.54. The number of rotatable bonds is 1. The fraction of sp³-hybridized carbons (Fsp3) is 0.588. The zero-order chi connectivity index (χ0) is 16.5. The van der Waals surface area contributed by atoms with E-state index in [0.717, 1.165) is 24.3 Å². The molecule has 0 spiro atoms. The van der Waals surface area contributed by atoms with E-state index in [0.29, 0.717) is 6.54 Å². The summed E-state index contributed by atoms with van der Waals surface area (Å²) in [5.41, 5.74) is 8.49. The Hall–Kier alpha value is -1.91. The van der Waals surface area contributed by atoms with Gasteiger partial charge in [-0.15, -0.1) is 0 Å². The van der Waals surface area contributed by atoms with Crippen molar-refractivity contribution in [2.24, 2.45) is 0 Å². The number of amides is 1. The van der Waals surface area contributed by atoms with Crippen LogP contribution in [0.1, 0.15) is 33.3 Å². The summed E-state index contributed by atoms with van der Waals surface area (Å²) in [5, 5.41) is 0. The molecular formula is C17H27N3O2. The van der Waals surface area contributed by atoms with Crippen LogP contribution in [0, 0.1) is 6.92 Å². The molecule has 1 aromatic carbocycles. The molecule has 0 radical (unpaired) electrons. The Balaban J connectivity index is 2.05. The molecule has 1 amide bonds. The predicted octanol–water partition coefficient (Wildman–Crippen LogP) is 3.02. The highest BCUT2D eigenvalue weighted by Gasteiger charge is 2.31. The molecule has 1 aliphatic heterocycles. The van der Waals surface area contributed by atoms with Crippen LogP contribution in [-0.2, 0) is 4.74 Å². The first kappa shape index (κ1) is 16.5. The maximum Gasteiger partial charge on any atom is 0.410 e. The first-order valence-corrected chi connectivity index (χ1v) is 7.78. The maximum atomic E-state index is 12.2. The number of aryl methyl sites for hydroxylation is 1. The molecular weight excluding hydrogens is 278 g/mol. The van der Waals surface area contributed by atoms with Gasteiger partial charge in [0, 0.05) is 37.1 Å². The topological polar surface area (TPSA) is 58.8 Å². The minimum absolute atomic E-state index is 0.112.